The molecule has 8 N–H and O–H groups in total. The highest BCUT2D eigenvalue weighted by Crippen LogP contribution is 2.61. The molecule has 0 aromatic rings. The van der Waals surface area contributed by atoms with Crippen LogP contribution in [0.5, 0.6) is 0 Å². The van der Waals surface area contributed by atoms with Gasteiger partial charge in [-0.3, -0.25) is 9.05 Å². The first-order valence-corrected chi connectivity index (χ1v) is 7.56. The van der Waals surface area contributed by atoms with Gasteiger partial charge in [0.2, 0.25) is 0 Å². The van der Waals surface area contributed by atoms with Crippen molar-refractivity contribution >= 4 is 15.6 Å². The van der Waals surface area contributed by atoms with E-state index in [1.807, 2.05) is 0 Å². The minimum Gasteiger partial charge on any atom is -0.344 e. The van der Waals surface area contributed by atoms with Crippen LogP contribution in [0.15, 0.2) is 0 Å². The number of hydrogen-bond acceptors (Lipinski definition) is 7. The zero-order valence-electron chi connectivity index (χ0n) is 9.49. The lowest BCUT2D eigenvalue weighted by Crippen LogP contribution is -2.00. The lowest BCUT2D eigenvalue weighted by atomic mass is 10.2. The Morgan fingerprint density at radius 2 is 1.41 bits per heavy atom. The Bertz CT molecular complexity index is 280. The van der Waals surface area contributed by atoms with E-state index in [4.69, 9.17) is 18.8 Å². The van der Waals surface area contributed by atoms with E-state index in [1.165, 1.54) is 0 Å². The Morgan fingerprint density at radius 1 is 1.00 bits per heavy atom. The smallest absolute Gasteiger partial charge is 0.344 e. The van der Waals surface area contributed by atoms with Gasteiger partial charge in [0.05, 0.1) is 13.2 Å². The van der Waals surface area contributed by atoms with Crippen molar-refractivity contribution in [2.24, 2.45) is 0 Å². The second-order valence-corrected chi connectivity index (χ2v) is 6.15. The monoisotopic (exact) mass is 294 g/mol. The Labute approximate surface area is 99.9 Å². The zero-order valence-corrected chi connectivity index (χ0v) is 11.3. The van der Waals surface area contributed by atoms with E-state index in [0.29, 0.717) is 12.8 Å². The first kappa shape index (κ1) is 19.5. The topological polar surface area (TPSA) is 172 Å². The maximum absolute atomic E-state index is 11.6. The zero-order chi connectivity index (χ0) is 11.4. The summed E-state index contributed by atoms with van der Waals surface area (Å²) in [5.74, 6) is 0. The van der Waals surface area contributed by atoms with Crippen molar-refractivity contribution in [1.82, 2.24) is 12.3 Å². The molecule has 17 heavy (non-hydrogen) atoms. The molecule has 0 saturated carbocycles. The third kappa shape index (κ3) is 8.84. The van der Waals surface area contributed by atoms with Crippen molar-refractivity contribution < 1.29 is 32.3 Å². The molecule has 0 aromatic heterocycles. The molecule has 0 bridgehead atoms. The summed E-state index contributed by atoms with van der Waals surface area (Å²) in [5, 5.41) is 0. The maximum Gasteiger partial charge on any atom is 0.483 e. The molecule has 0 aliphatic carbocycles. The van der Waals surface area contributed by atoms with Crippen LogP contribution < -0.4 is 12.3 Å². The first-order valence-electron chi connectivity index (χ1n) is 4.57. The lowest BCUT2D eigenvalue weighted by Gasteiger charge is -2.16. The second-order valence-electron chi connectivity index (χ2n) is 3.10. The van der Waals surface area contributed by atoms with E-state index in [2.05, 4.69) is 4.31 Å². The van der Waals surface area contributed by atoms with Crippen molar-refractivity contribution in [1.29, 1.82) is 0 Å². The van der Waals surface area contributed by atoms with Gasteiger partial charge in [-0.15, -0.1) is 0 Å². The molecule has 0 unspecified atom stereocenters. The average Bonchev–Trinajstić information content (AvgIpc) is 2.14. The van der Waals surface area contributed by atoms with Crippen LogP contribution in [0.2, 0.25) is 0 Å². The first-order chi connectivity index (χ1) is 6.91. The number of phosphoric acid groups is 2. The molecule has 1 fully saturated rings. The molecule has 1 heterocycles. The van der Waals surface area contributed by atoms with Crippen LogP contribution in [0.4, 0.5) is 0 Å². The molecule has 0 spiro atoms. The summed E-state index contributed by atoms with van der Waals surface area (Å²) in [6, 6.07) is 0. The van der Waals surface area contributed by atoms with E-state index in [-0.39, 0.29) is 25.5 Å². The predicted molar refractivity (Wildman–Crippen MR) is 61.2 cm³/mol. The fraction of sp³-hybridized carbons (Fsp3) is 1.00. The molecule has 0 atom stereocenters. The van der Waals surface area contributed by atoms with E-state index in [0.717, 1.165) is 12.8 Å². The molecule has 1 rings (SSSR count). The molecule has 106 valence electrons. The summed E-state index contributed by atoms with van der Waals surface area (Å²) in [6.07, 6.45) is 3.13. The van der Waals surface area contributed by atoms with Gasteiger partial charge >= 0.3 is 15.6 Å². The van der Waals surface area contributed by atoms with Gasteiger partial charge in [-0.05, 0) is 12.8 Å². The van der Waals surface area contributed by atoms with Crippen LogP contribution in [-0.2, 0) is 22.5 Å². The van der Waals surface area contributed by atoms with E-state index >= 15 is 0 Å². The summed E-state index contributed by atoms with van der Waals surface area (Å²) in [7, 11) is -8.96. The van der Waals surface area contributed by atoms with Gasteiger partial charge < -0.3 is 22.1 Å². The van der Waals surface area contributed by atoms with Crippen molar-refractivity contribution in [2.45, 2.75) is 25.7 Å². The highest BCUT2D eigenvalue weighted by Gasteiger charge is 2.36. The second kappa shape index (κ2) is 8.31. The highest BCUT2D eigenvalue weighted by molar-refractivity contribution is 7.61. The fourth-order valence-corrected chi connectivity index (χ4v) is 3.32. The van der Waals surface area contributed by atoms with Gasteiger partial charge in [-0.2, -0.15) is 4.31 Å². The fourth-order valence-electron chi connectivity index (χ4n) is 1.13. The summed E-state index contributed by atoms with van der Waals surface area (Å²) < 4.78 is 35.7. The molecule has 11 heteroatoms. The van der Waals surface area contributed by atoms with Gasteiger partial charge in [0.1, 0.15) is 0 Å². The number of phosphoric ester groups is 1. The molecule has 0 aromatic carbocycles. The Hall–Kier alpha value is 0.180. The standard InChI is InChI=1S/C6H14O7P2.2H3N/c7-14(8,9)13-15(10)11-5-3-1-2-4-6-12-15;;/h1-6H2,(H2,7,8,9);2*1H3. The van der Waals surface area contributed by atoms with Gasteiger partial charge in [-0.1, -0.05) is 12.8 Å². The van der Waals surface area contributed by atoms with Gasteiger partial charge in [0.15, 0.2) is 0 Å². The molecule has 0 radical (unpaired) electrons. The van der Waals surface area contributed by atoms with E-state index < -0.39 is 15.6 Å². The van der Waals surface area contributed by atoms with Crippen LogP contribution in [0.1, 0.15) is 25.7 Å². The summed E-state index contributed by atoms with van der Waals surface area (Å²) >= 11 is 0. The van der Waals surface area contributed by atoms with Gasteiger partial charge in [0, 0.05) is 0 Å². The van der Waals surface area contributed by atoms with Crippen molar-refractivity contribution in [3.8, 4) is 0 Å². The Balaban J connectivity index is 0. The minimum absolute atomic E-state index is 0. The number of hydrogen-bond donors (Lipinski definition) is 4. The normalized spacial score (nSPS) is 21.1. The lowest BCUT2D eigenvalue weighted by molar-refractivity contribution is 0.143. The molecule has 0 amide bonds. The van der Waals surface area contributed by atoms with Crippen molar-refractivity contribution in [2.75, 3.05) is 13.2 Å². The predicted octanol–water partition coefficient (Wildman–Crippen LogP) is 2.13. The third-order valence-electron chi connectivity index (χ3n) is 1.74. The Kier molecular flexibility index (Phi) is 9.54. The molecule has 1 saturated heterocycles. The quantitative estimate of drug-likeness (QED) is 0.556. The average molecular weight is 294 g/mol. The SMILES string of the molecule is N.N.O=P(O)(O)OP1(=O)OCCCCCCO1. The van der Waals surface area contributed by atoms with Crippen LogP contribution in [0.25, 0.3) is 0 Å². The summed E-state index contributed by atoms with van der Waals surface area (Å²) in [4.78, 5) is 17.0. The van der Waals surface area contributed by atoms with Crippen molar-refractivity contribution in [3.05, 3.63) is 0 Å². The third-order valence-corrected chi connectivity index (χ3v) is 4.39. The van der Waals surface area contributed by atoms with E-state index in [9.17, 15) is 9.13 Å². The van der Waals surface area contributed by atoms with Gasteiger partial charge in [0.25, 0.3) is 0 Å². The minimum atomic E-state index is -4.86. The maximum atomic E-state index is 11.6. The number of rotatable bonds is 2. The summed E-state index contributed by atoms with van der Waals surface area (Å²) in [5.41, 5.74) is 0. The van der Waals surface area contributed by atoms with Crippen LogP contribution in [0, 0.1) is 0 Å². The highest BCUT2D eigenvalue weighted by atomic mass is 31.3. The van der Waals surface area contributed by atoms with Crippen LogP contribution >= 0.6 is 15.6 Å². The molecular formula is C6H20N2O7P2. The largest absolute Gasteiger partial charge is 0.483 e. The van der Waals surface area contributed by atoms with Crippen LogP contribution in [0.3, 0.4) is 0 Å². The van der Waals surface area contributed by atoms with Crippen molar-refractivity contribution in [3.63, 3.8) is 0 Å². The Morgan fingerprint density at radius 3 is 1.76 bits per heavy atom. The molecule has 9 nitrogen and oxygen atoms in total. The molecule has 1 aliphatic heterocycles. The summed E-state index contributed by atoms with van der Waals surface area (Å²) in [6.45, 7) is 0.217. The molecular weight excluding hydrogens is 274 g/mol. The van der Waals surface area contributed by atoms with Crippen LogP contribution in [-0.4, -0.2) is 23.0 Å². The molecule has 1 aliphatic rings. The van der Waals surface area contributed by atoms with E-state index in [1.54, 1.807) is 0 Å². The van der Waals surface area contributed by atoms with Gasteiger partial charge in [-0.25, -0.2) is 9.13 Å².